The Morgan fingerprint density at radius 2 is 1.17 bits per heavy atom. The maximum atomic E-state index is 4.75. The van der Waals surface area contributed by atoms with Gasteiger partial charge in [0.1, 0.15) is 11.6 Å². The van der Waals surface area contributed by atoms with Crippen LogP contribution in [0.3, 0.4) is 0 Å². The molecule has 4 aromatic heterocycles. The molecule has 0 bridgehead atoms. The fraction of sp³-hybridized carbons (Fsp3) is 0.0690. The van der Waals surface area contributed by atoms with Gasteiger partial charge in [-0.05, 0) is 54.6 Å². The molecule has 8 aromatic rings. The Balaban J connectivity index is 1.45. The molecule has 4 heterocycles. The second-order valence-corrected chi connectivity index (χ2v) is 9.33. The van der Waals surface area contributed by atoms with Crippen molar-refractivity contribution < 1.29 is 0 Å². The van der Waals surface area contributed by atoms with Crippen molar-refractivity contribution in [1.82, 2.24) is 35.1 Å². The Bertz CT molecular complexity index is 2030. The lowest BCUT2D eigenvalue weighted by atomic mass is 9.95. The number of fused-ring (bicyclic) bond motifs is 12. The van der Waals surface area contributed by atoms with Gasteiger partial charge in [-0.25, -0.2) is 9.97 Å². The van der Waals surface area contributed by atoms with Gasteiger partial charge in [0.15, 0.2) is 0 Å². The van der Waals surface area contributed by atoms with E-state index in [0.717, 1.165) is 88.1 Å². The van der Waals surface area contributed by atoms with Crippen LogP contribution in [0.15, 0.2) is 67.1 Å². The topological polar surface area (TPSA) is 96.0 Å². The number of imidazole rings is 2. The van der Waals surface area contributed by atoms with Crippen LogP contribution < -0.4 is 0 Å². The second kappa shape index (κ2) is 6.82. The first-order chi connectivity index (χ1) is 17.7. The van der Waals surface area contributed by atoms with E-state index in [1.54, 1.807) is 6.20 Å². The molecule has 8 rings (SSSR count). The molecule has 0 aliphatic heterocycles. The molecule has 0 aliphatic carbocycles. The molecule has 0 saturated heterocycles. The number of aromatic amines is 2. The van der Waals surface area contributed by atoms with Gasteiger partial charge in [-0.15, -0.1) is 0 Å². The number of hydrogen-bond donors (Lipinski definition) is 2. The zero-order valence-electron chi connectivity index (χ0n) is 19.6. The van der Waals surface area contributed by atoms with E-state index in [1.165, 1.54) is 0 Å². The van der Waals surface area contributed by atoms with Gasteiger partial charge >= 0.3 is 0 Å². The smallest absolute Gasteiger partial charge is 0.104 e. The van der Waals surface area contributed by atoms with Crippen molar-refractivity contribution in [1.29, 1.82) is 0 Å². The van der Waals surface area contributed by atoms with Crippen molar-refractivity contribution in [3.8, 4) is 11.1 Å². The Labute approximate surface area is 204 Å². The zero-order chi connectivity index (χ0) is 24.0. The average Bonchev–Trinajstić information content (AvgIpc) is 3.51. The second-order valence-electron chi connectivity index (χ2n) is 9.33. The van der Waals surface area contributed by atoms with Crippen molar-refractivity contribution in [3.63, 3.8) is 0 Å². The molecule has 0 saturated carbocycles. The van der Waals surface area contributed by atoms with Crippen LogP contribution in [-0.2, 0) is 0 Å². The fourth-order valence-electron chi connectivity index (χ4n) is 5.60. The maximum Gasteiger partial charge on any atom is 0.104 e. The molecule has 0 unspecified atom stereocenters. The van der Waals surface area contributed by atoms with Gasteiger partial charge in [-0.1, -0.05) is 24.3 Å². The molecule has 0 fully saturated rings. The van der Waals surface area contributed by atoms with Gasteiger partial charge in [0.25, 0.3) is 0 Å². The minimum Gasteiger partial charge on any atom is -0.342 e. The summed E-state index contributed by atoms with van der Waals surface area (Å²) < 4.78 is 0. The monoisotopic (exact) mass is 465 g/mol. The van der Waals surface area contributed by atoms with Crippen LogP contribution in [0.2, 0.25) is 0 Å². The van der Waals surface area contributed by atoms with E-state index in [-0.39, 0.29) is 0 Å². The molecule has 0 amide bonds. The normalized spacial score (nSPS) is 12.2. The third-order valence-corrected chi connectivity index (χ3v) is 7.15. The van der Waals surface area contributed by atoms with Crippen molar-refractivity contribution in [2.75, 3.05) is 0 Å². The molecule has 0 radical (unpaired) electrons. The standard InChI is InChI=1S/C29H19N7/c1-14-34-27-19-8-6-17(11-22(19)25-20(28(27)35-14)4-3-9-30-25)16-5-7-18-21(10-16)23-12-31-32-13-24(23)29-26(18)33-15(2)36-29/h3-13H,1-2H3,(H,33,36)(H,34,35). The highest BCUT2D eigenvalue weighted by atomic mass is 15.1. The lowest BCUT2D eigenvalue weighted by Crippen LogP contribution is -1.88. The van der Waals surface area contributed by atoms with Crippen molar-refractivity contribution in [3.05, 3.63) is 78.8 Å². The first-order valence-corrected chi connectivity index (χ1v) is 11.9. The number of nitrogens with zero attached hydrogens (tertiary/aromatic N) is 5. The molecule has 4 aromatic carbocycles. The Hall–Kier alpha value is -4.91. The van der Waals surface area contributed by atoms with E-state index < -0.39 is 0 Å². The van der Waals surface area contributed by atoms with Gasteiger partial charge in [0.2, 0.25) is 0 Å². The number of rotatable bonds is 1. The van der Waals surface area contributed by atoms with Crippen LogP contribution in [0.5, 0.6) is 0 Å². The summed E-state index contributed by atoms with van der Waals surface area (Å²) in [5.74, 6) is 1.78. The highest BCUT2D eigenvalue weighted by Gasteiger charge is 2.16. The molecular formula is C29H19N7. The summed E-state index contributed by atoms with van der Waals surface area (Å²) in [5.41, 5.74) is 7.19. The van der Waals surface area contributed by atoms with Crippen LogP contribution in [-0.4, -0.2) is 35.1 Å². The summed E-state index contributed by atoms with van der Waals surface area (Å²) in [5, 5.41) is 15.9. The quantitative estimate of drug-likeness (QED) is 0.269. The Morgan fingerprint density at radius 1 is 0.556 bits per heavy atom. The highest BCUT2D eigenvalue weighted by molar-refractivity contribution is 6.24. The number of aromatic nitrogens is 7. The van der Waals surface area contributed by atoms with E-state index in [0.29, 0.717) is 0 Å². The molecule has 7 heteroatoms. The van der Waals surface area contributed by atoms with Crippen LogP contribution in [0, 0.1) is 13.8 Å². The molecule has 0 aliphatic rings. The predicted octanol–water partition coefficient (Wildman–Crippen LogP) is 6.52. The summed E-state index contributed by atoms with van der Waals surface area (Å²) >= 11 is 0. The average molecular weight is 466 g/mol. The summed E-state index contributed by atoms with van der Waals surface area (Å²) in [7, 11) is 0. The highest BCUT2D eigenvalue weighted by Crippen LogP contribution is 2.38. The lowest BCUT2D eigenvalue weighted by molar-refractivity contribution is 1.05. The minimum absolute atomic E-state index is 0.883. The summed E-state index contributed by atoms with van der Waals surface area (Å²) in [6, 6.07) is 17.2. The maximum absolute atomic E-state index is 4.75. The summed E-state index contributed by atoms with van der Waals surface area (Å²) in [4.78, 5) is 21.1. The Kier molecular flexibility index (Phi) is 3.68. The van der Waals surface area contributed by atoms with E-state index in [4.69, 9.17) is 15.0 Å². The van der Waals surface area contributed by atoms with Gasteiger partial charge in [-0.3, -0.25) is 4.98 Å². The van der Waals surface area contributed by atoms with Crippen molar-refractivity contribution >= 4 is 65.3 Å². The number of aryl methyl sites for hydroxylation is 2. The summed E-state index contributed by atoms with van der Waals surface area (Å²) in [6.07, 6.45) is 5.48. The van der Waals surface area contributed by atoms with Crippen LogP contribution in [0.4, 0.5) is 0 Å². The number of benzene rings is 4. The molecular weight excluding hydrogens is 446 g/mol. The number of nitrogens with one attached hydrogen (secondary N) is 2. The van der Waals surface area contributed by atoms with Crippen molar-refractivity contribution in [2.24, 2.45) is 0 Å². The van der Waals surface area contributed by atoms with Gasteiger partial charge in [0, 0.05) is 38.5 Å². The zero-order valence-corrected chi connectivity index (χ0v) is 19.6. The molecule has 0 atom stereocenters. The third kappa shape index (κ3) is 2.54. The van der Waals surface area contributed by atoms with E-state index in [9.17, 15) is 0 Å². The van der Waals surface area contributed by atoms with E-state index in [1.807, 2.05) is 32.3 Å². The summed E-state index contributed by atoms with van der Waals surface area (Å²) in [6.45, 7) is 3.97. The van der Waals surface area contributed by atoms with Crippen LogP contribution in [0.1, 0.15) is 11.6 Å². The lowest BCUT2D eigenvalue weighted by Gasteiger charge is -2.10. The van der Waals surface area contributed by atoms with Gasteiger partial charge in [-0.2, -0.15) is 10.2 Å². The SMILES string of the molecule is Cc1nc2c3cnncc3c3cc(-c4ccc5c(c4)c4ncccc4c4nc(C)[nH]c54)ccc3c2[nH]1. The fourth-order valence-corrected chi connectivity index (χ4v) is 5.60. The van der Waals surface area contributed by atoms with Gasteiger partial charge < -0.3 is 9.97 Å². The number of hydrogen-bond acceptors (Lipinski definition) is 5. The first kappa shape index (κ1) is 19.4. The van der Waals surface area contributed by atoms with Crippen LogP contribution >= 0.6 is 0 Å². The number of pyridine rings is 1. The minimum atomic E-state index is 0.883. The van der Waals surface area contributed by atoms with E-state index >= 15 is 0 Å². The first-order valence-electron chi connectivity index (χ1n) is 11.9. The molecule has 7 nitrogen and oxygen atoms in total. The number of H-pyrrole nitrogens is 2. The Morgan fingerprint density at radius 3 is 1.89 bits per heavy atom. The molecule has 170 valence electrons. The van der Waals surface area contributed by atoms with Crippen molar-refractivity contribution in [2.45, 2.75) is 13.8 Å². The van der Waals surface area contributed by atoms with E-state index in [2.05, 4.69) is 62.6 Å². The predicted molar refractivity (Wildman–Crippen MR) is 144 cm³/mol. The third-order valence-electron chi connectivity index (χ3n) is 7.15. The molecule has 2 N–H and O–H groups in total. The molecule has 36 heavy (non-hydrogen) atoms. The molecule has 0 spiro atoms. The van der Waals surface area contributed by atoms with Gasteiger partial charge in [0.05, 0.1) is 40.0 Å². The largest absolute Gasteiger partial charge is 0.342 e. The van der Waals surface area contributed by atoms with Crippen LogP contribution in [0.25, 0.3) is 76.4 Å².